The summed E-state index contributed by atoms with van der Waals surface area (Å²) in [4.78, 5) is 12.8. The molecule has 1 N–H and O–H groups in total. The molecular formula is C8H14ClF3N2OS. The van der Waals surface area contributed by atoms with E-state index in [-0.39, 0.29) is 30.2 Å². The molecule has 0 aromatic heterocycles. The van der Waals surface area contributed by atoms with E-state index < -0.39 is 17.2 Å². The lowest BCUT2D eigenvalue weighted by Crippen LogP contribution is -2.39. The first-order valence-corrected chi connectivity index (χ1v) is 5.56. The third-order valence-corrected chi connectivity index (χ3v) is 3.05. The van der Waals surface area contributed by atoms with Gasteiger partial charge in [0.25, 0.3) is 0 Å². The van der Waals surface area contributed by atoms with Crippen LogP contribution in [0.15, 0.2) is 0 Å². The summed E-state index contributed by atoms with van der Waals surface area (Å²) in [5.41, 5.74) is -4.33. The Morgan fingerprint density at radius 3 is 2.62 bits per heavy atom. The first kappa shape index (κ1) is 15.9. The molecule has 0 aliphatic carbocycles. The molecule has 1 atom stereocenters. The molecule has 1 aliphatic heterocycles. The van der Waals surface area contributed by atoms with Crippen LogP contribution in [0.3, 0.4) is 0 Å². The fraction of sp³-hybridized carbons (Fsp3) is 0.875. The lowest BCUT2D eigenvalue weighted by atomic mass is 10.2. The summed E-state index contributed by atoms with van der Waals surface area (Å²) in [6.07, 6.45) is 0.804. The molecule has 0 aromatic rings. The summed E-state index contributed by atoms with van der Waals surface area (Å²) < 4.78 is 35.5. The predicted molar refractivity (Wildman–Crippen MR) is 59.8 cm³/mol. The molecule has 0 bridgehead atoms. The van der Waals surface area contributed by atoms with E-state index in [1.807, 2.05) is 0 Å². The number of hydrogen-bond donors (Lipinski definition) is 1. The summed E-state index contributed by atoms with van der Waals surface area (Å²) in [5, 5.41) is 3.06. The summed E-state index contributed by atoms with van der Waals surface area (Å²) in [7, 11) is 1.55. The zero-order valence-electron chi connectivity index (χ0n) is 8.71. The van der Waals surface area contributed by atoms with Crippen LogP contribution in [0.2, 0.25) is 0 Å². The molecule has 1 aliphatic rings. The van der Waals surface area contributed by atoms with Crippen LogP contribution in [0, 0.1) is 0 Å². The van der Waals surface area contributed by atoms with Crippen LogP contribution >= 0.6 is 24.2 Å². The monoisotopic (exact) mass is 278 g/mol. The molecule has 3 nitrogen and oxygen atoms in total. The van der Waals surface area contributed by atoms with E-state index in [2.05, 4.69) is 5.32 Å². The van der Waals surface area contributed by atoms with Gasteiger partial charge in [-0.3, -0.25) is 4.79 Å². The van der Waals surface area contributed by atoms with Crippen LogP contribution < -0.4 is 5.32 Å². The highest BCUT2D eigenvalue weighted by atomic mass is 35.5. The highest BCUT2D eigenvalue weighted by Gasteiger charge is 2.31. The molecule has 1 heterocycles. The van der Waals surface area contributed by atoms with Crippen molar-refractivity contribution in [2.24, 2.45) is 0 Å². The molecule has 0 radical (unpaired) electrons. The maximum atomic E-state index is 11.8. The van der Waals surface area contributed by atoms with Crippen molar-refractivity contribution in [1.29, 1.82) is 0 Å². The third-order valence-electron chi connectivity index (χ3n) is 2.33. The maximum Gasteiger partial charge on any atom is 0.442 e. The summed E-state index contributed by atoms with van der Waals surface area (Å²) in [6, 6.07) is 0.0336. The second kappa shape index (κ2) is 6.56. The molecule has 96 valence electrons. The molecule has 0 spiro atoms. The quantitative estimate of drug-likeness (QED) is 0.849. The van der Waals surface area contributed by atoms with Crippen molar-refractivity contribution < 1.29 is 18.0 Å². The van der Waals surface area contributed by atoms with Gasteiger partial charge in [-0.25, -0.2) is 0 Å². The van der Waals surface area contributed by atoms with E-state index in [4.69, 9.17) is 0 Å². The van der Waals surface area contributed by atoms with Crippen molar-refractivity contribution in [3.8, 4) is 0 Å². The SMILES string of the molecule is CN(C(=O)CSC(F)(F)F)C1CCNC1.Cl. The van der Waals surface area contributed by atoms with Gasteiger partial charge in [0.2, 0.25) is 5.91 Å². The third kappa shape index (κ3) is 5.27. The number of nitrogens with one attached hydrogen (secondary N) is 1. The van der Waals surface area contributed by atoms with Gasteiger partial charge in [0.05, 0.1) is 5.75 Å². The van der Waals surface area contributed by atoms with Gasteiger partial charge in [-0.05, 0) is 24.7 Å². The number of alkyl halides is 3. The number of halogens is 4. The summed E-state index contributed by atoms with van der Waals surface area (Å²) in [5.74, 6) is -0.998. The lowest BCUT2D eigenvalue weighted by Gasteiger charge is -2.23. The molecule has 1 unspecified atom stereocenters. The first-order chi connectivity index (χ1) is 6.90. The van der Waals surface area contributed by atoms with Gasteiger partial charge in [0.15, 0.2) is 0 Å². The smallest absolute Gasteiger partial charge is 0.341 e. The van der Waals surface area contributed by atoms with Gasteiger partial charge in [-0.2, -0.15) is 13.2 Å². The number of likely N-dealkylation sites (N-methyl/N-ethyl adjacent to an activating group) is 1. The van der Waals surface area contributed by atoms with E-state index in [0.717, 1.165) is 13.0 Å². The summed E-state index contributed by atoms with van der Waals surface area (Å²) >= 11 is -0.283. The van der Waals surface area contributed by atoms with Gasteiger partial charge in [-0.15, -0.1) is 12.4 Å². The Morgan fingerprint density at radius 2 is 2.19 bits per heavy atom. The largest absolute Gasteiger partial charge is 0.442 e. The lowest BCUT2D eigenvalue weighted by molar-refractivity contribution is -0.129. The zero-order valence-corrected chi connectivity index (χ0v) is 10.3. The van der Waals surface area contributed by atoms with Gasteiger partial charge >= 0.3 is 5.51 Å². The number of hydrogen-bond acceptors (Lipinski definition) is 3. The number of thioether (sulfide) groups is 1. The van der Waals surface area contributed by atoms with E-state index in [1.54, 1.807) is 7.05 Å². The zero-order chi connectivity index (χ0) is 11.5. The number of carbonyl (C=O) groups is 1. The number of amides is 1. The molecule has 1 saturated heterocycles. The van der Waals surface area contributed by atoms with E-state index in [1.165, 1.54) is 4.90 Å². The van der Waals surface area contributed by atoms with Crippen LogP contribution in [-0.2, 0) is 4.79 Å². The van der Waals surface area contributed by atoms with Crippen molar-refractivity contribution in [2.75, 3.05) is 25.9 Å². The Bertz CT molecular complexity index is 234. The van der Waals surface area contributed by atoms with Crippen molar-refractivity contribution in [2.45, 2.75) is 18.0 Å². The van der Waals surface area contributed by atoms with Crippen LogP contribution in [0.1, 0.15) is 6.42 Å². The molecule has 16 heavy (non-hydrogen) atoms. The Morgan fingerprint density at radius 1 is 1.56 bits per heavy atom. The summed E-state index contributed by atoms with van der Waals surface area (Å²) in [6.45, 7) is 1.48. The minimum atomic E-state index is -4.33. The van der Waals surface area contributed by atoms with E-state index in [0.29, 0.717) is 6.54 Å². The Labute approximate surface area is 103 Å². The Hall–Kier alpha value is -0.140. The van der Waals surface area contributed by atoms with E-state index >= 15 is 0 Å². The van der Waals surface area contributed by atoms with Gasteiger partial charge in [-0.1, -0.05) is 0 Å². The van der Waals surface area contributed by atoms with Gasteiger partial charge in [0, 0.05) is 19.6 Å². The first-order valence-electron chi connectivity index (χ1n) is 4.57. The number of carbonyl (C=O) groups excluding carboxylic acids is 1. The fourth-order valence-corrected chi connectivity index (χ4v) is 1.91. The average molecular weight is 279 g/mol. The fourth-order valence-electron chi connectivity index (χ4n) is 1.42. The molecule has 8 heteroatoms. The van der Waals surface area contributed by atoms with Crippen molar-refractivity contribution >= 4 is 30.1 Å². The van der Waals surface area contributed by atoms with Gasteiger partial charge in [0.1, 0.15) is 0 Å². The van der Waals surface area contributed by atoms with Crippen molar-refractivity contribution in [1.82, 2.24) is 10.2 Å². The second-order valence-electron chi connectivity index (χ2n) is 3.39. The average Bonchev–Trinajstić information content (AvgIpc) is 2.64. The molecule has 1 amide bonds. The number of nitrogens with zero attached hydrogens (tertiary/aromatic N) is 1. The highest BCUT2D eigenvalue weighted by Crippen LogP contribution is 2.30. The predicted octanol–water partition coefficient (Wildman–Crippen LogP) is 1.48. The van der Waals surface area contributed by atoms with Crippen LogP contribution in [-0.4, -0.2) is 48.2 Å². The molecule has 0 aromatic carbocycles. The minimum Gasteiger partial charge on any atom is -0.341 e. The van der Waals surface area contributed by atoms with Crippen LogP contribution in [0.5, 0.6) is 0 Å². The van der Waals surface area contributed by atoms with Crippen molar-refractivity contribution in [3.05, 3.63) is 0 Å². The maximum absolute atomic E-state index is 11.8. The van der Waals surface area contributed by atoms with Gasteiger partial charge < -0.3 is 10.2 Å². The molecule has 1 rings (SSSR count). The molecule has 1 fully saturated rings. The van der Waals surface area contributed by atoms with Crippen LogP contribution in [0.4, 0.5) is 13.2 Å². The number of rotatable bonds is 3. The topological polar surface area (TPSA) is 32.3 Å². The minimum absolute atomic E-state index is 0. The van der Waals surface area contributed by atoms with E-state index in [9.17, 15) is 18.0 Å². The Kier molecular flexibility index (Phi) is 6.50. The van der Waals surface area contributed by atoms with Crippen LogP contribution in [0.25, 0.3) is 0 Å². The normalized spacial score (nSPS) is 20.4. The molecular weight excluding hydrogens is 265 g/mol. The standard InChI is InChI=1S/C8H13F3N2OS.ClH/c1-13(6-2-3-12-4-6)7(14)5-15-8(9,10)11;/h6,12H,2-5H2,1H3;1H. The highest BCUT2D eigenvalue weighted by molar-refractivity contribution is 8.00. The Balaban J connectivity index is 0.00000225. The second-order valence-corrected chi connectivity index (χ2v) is 4.43. The van der Waals surface area contributed by atoms with Crippen molar-refractivity contribution in [3.63, 3.8) is 0 Å². The molecule has 0 saturated carbocycles.